The Balaban J connectivity index is 1.69. The number of ether oxygens (including phenoxy) is 6. The Labute approximate surface area is 144 Å². The van der Waals surface area contributed by atoms with Crippen molar-refractivity contribution >= 4 is 11.9 Å². The molecule has 9 heteroatoms. The molecule has 0 bridgehead atoms. The lowest BCUT2D eigenvalue weighted by Gasteiger charge is -2.36. The predicted octanol–water partition coefficient (Wildman–Crippen LogP) is 0.567. The molecular formula is C16H22O9. The lowest BCUT2D eigenvalue weighted by atomic mass is 9.99. The summed E-state index contributed by atoms with van der Waals surface area (Å²) >= 11 is 0. The molecule has 25 heavy (non-hydrogen) atoms. The molecule has 0 aromatic rings. The van der Waals surface area contributed by atoms with Crippen molar-refractivity contribution in [2.24, 2.45) is 0 Å². The summed E-state index contributed by atoms with van der Waals surface area (Å²) in [5, 5.41) is 8.53. The van der Waals surface area contributed by atoms with E-state index < -0.39 is 54.2 Å². The molecule has 3 fully saturated rings. The Hall–Kier alpha value is -1.52. The van der Waals surface area contributed by atoms with E-state index in [2.05, 4.69) is 0 Å². The maximum absolute atomic E-state index is 11.6. The highest BCUT2D eigenvalue weighted by Crippen LogP contribution is 2.44. The molecule has 5 atom stereocenters. The van der Waals surface area contributed by atoms with Crippen molar-refractivity contribution in [1.29, 1.82) is 0 Å². The highest BCUT2D eigenvalue weighted by Gasteiger charge is 2.60. The van der Waals surface area contributed by atoms with Crippen LogP contribution in [0.15, 0.2) is 12.2 Å². The summed E-state index contributed by atoms with van der Waals surface area (Å²) < 4.78 is 34.3. The molecule has 3 aliphatic heterocycles. The first-order valence-electron chi connectivity index (χ1n) is 8.01. The second kappa shape index (κ2) is 6.33. The van der Waals surface area contributed by atoms with Crippen molar-refractivity contribution in [1.82, 2.24) is 0 Å². The second-order valence-corrected chi connectivity index (χ2v) is 7.01. The number of carboxylic acid groups (broad SMARTS) is 1. The van der Waals surface area contributed by atoms with Crippen molar-refractivity contribution in [2.45, 2.75) is 70.0 Å². The van der Waals surface area contributed by atoms with Crippen LogP contribution in [-0.4, -0.2) is 65.9 Å². The Bertz CT molecular complexity index is 582. The number of carbonyl (C=O) groups is 2. The van der Waals surface area contributed by atoms with Crippen LogP contribution in [0.2, 0.25) is 0 Å². The molecule has 0 unspecified atom stereocenters. The van der Waals surface area contributed by atoms with E-state index >= 15 is 0 Å². The fourth-order valence-electron chi connectivity index (χ4n) is 3.18. The van der Waals surface area contributed by atoms with E-state index in [1.165, 1.54) is 0 Å². The van der Waals surface area contributed by atoms with E-state index in [-0.39, 0.29) is 6.61 Å². The summed E-state index contributed by atoms with van der Waals surface area (Å²) in [6.07, 6.45) is -1.17. The summed E-state index contributed by atoms with van der Waals surface area (Å²) in [6.45, 7) is 6.98. The predicted molar refractivity (Wildman–Crippen MR) is 80.3 cm³/mol. The van der Waals surface area contributed by atoms with Crippen LogP contribution in [0.1, 0.15) is 27.7 Å². The zero-order valence-corrected chi connectivity index (χ0v) is 14.5. The molecule has 3 aliphatic rings. The highest BCUT2D eigenvalue weighted by molar-refractivity contribution is 5.90. The van der Waals surface area contributed by atoms with Crippen LogP contribution in [0.5, 0.6) is 0 Å². The fraction of sp³-hybridized carbons (Fsp3) is 0.750. The van der Waals surface area contributed by atoms with Crippen LogP contribution in [0.25, 0.3) is 0 Å². The average molecular weight is 358 g/mol. The van der Waals surface area contributed by atoms with Crippen LogP contribution in [0.4, 0.5) is 0 Å². The van der Waals surface area contributed by atoms with Gasteiger partial charge in [0.05, 0.1) is 0 Å². The van der Waals surface area contributed by atoms with Gasteiger partial charge >= 0.3 is 11.9 Å². The van der Waals surface area contributed by atoms with Gasteiger partial charge in [-0.3, -0.25) is 0 Å². The van der Waals surface area contributed by atoms with Crippen molar-refractivity contribution < 1.29 is 43.1 Å². The molecule has 3 saturated heterocycles. The maximum Gasteiger partial charge on any atom is 0.331 e. The number of hydrogen-bond acceptors (Lipinski definition) is 8. The van der Waals surface area contributed by atoms with Crippen LogP contribution in [0, 0.1) is 0 Å². The zero-order valence-electron chi connectivity index (χ0n) is 14.5. The van der Waals surface area contributed by atoms with E-state index in [1.807, 2.05) is 0 Å². The maximum atomic E-state index is 11.6. The van der Waals surface area contributed by atoms with E-state index in [0.717, 1.165) is 6.08 Å². The van der Waals surface area contributed by atoms with Gasteiger partial charge in [-0.15, -0.1) is 0 Å². The Morgan fingerprint density at radius 2 is 1.56 bits per heavy atom. The molecule has 140 valence electrons. The average Bonchev–Trinajstić information content (AvgIpc) is 2.96. The molecule has 0 spiro atoms. The second-order valence-electron chi connectivity index (χ2n) is 7.01. The minimum absolute atomic E-state index is 0.129. The summed E-state index contributed by atoms with van der Waals surface area (Å²) in [4.78, 5) is 22.0. The van der Waals surface area contributed by atoms with Gasteiger partial charge in [-0.05, 0) is 27.7 Å². The van der Waals surface area contributed by atoms with Gasteiger partial charge in [-0.1, -0.05) is 0 Å². The number of hydrogen-bond donors (Lipinski definition) is 1. The molecule has 0 aromatic heterocycles. The SMILES string of the molecule is CC1(C)O[C@H]2[C@@H](O1)[C@@H](COC(=O)C=CC(=O)O)O[C@@H]1OC(C)(C)O[C@@H]12. The molecule has 0 amide bonds. The lowest BCUT2D eigenvalue weighted by molar-refractivity contribution is -0.242. The third-order valence-corrected chi connectivity index (χ3v) is 4.00. The number of carboxylic acids is 1. The van der Waals surface area contributed by atoms with Crippen LogP contribution >= 0.6 is 0 Å². The van der Waals surface area contributed by atoms with Crippen LogP contribution in [-0.2, 0) is 38.0 Å². The summed E-state index contributed by atoms with van der Waals surface area (Å²) in [7, 11) is 0. The standard InChI is InChI=1S/C16H22O9/c1-15(2)22-11-8(7-20-10(19)6-5-9(17)18)21-14-13(12(11)23-15)24-16(3,4)25-14/h5-6,8,11-14H,7H2,1-4H3,(H,17,18)/t8-,11+,12+,13-,14-/m1/s1. The van der Waals surface area contributed by atoms with Gasteiger partial charge in [-0.2, -0.15) is 0 Å². The van der Waals surface area contributed by atoms with E-state index in [1.54, 1.807) is 27.7 Å². The van der Waals surface area contributed by atoms with Crippen molar-refractivity contribution in [3.8, 4) is 0 Å². The van der Waals surface area contributed by atoms with Crippen molar-refractivity contribution in [3.63, 3.8) is 0 Å². The minimum atomic E-state index is -1.23. The zero-order chi connectivity index (χ0) is 18.4. The van der Waals surface area contributed by atoms with Gasteiger partial charge in [0.2, 0.25) is 0 Å². The topological polar surface area (TPSA) is 110 Å². The van der Waals surface area contributed by atoms with Gasteiger partial charge in [0.15, 0.2) is 17.9 Å². The molecule has 0 aromatic carbocycles. The van der Waals surface area contributed by atoms with Gasteiger partial charge in [0.1, 0.15) is 31.0 Å². The normalized spacial score (nSPS) is 38.3. The van der Waals surface area contributed by atoms with Gasteiger partial charge < -0.3 is 33.5 Å². The Morgan fingerprint density at radius 1 is 0.960 bits per heavy atom. The number of fused-ring (bicyclic) bond motifs is 3. The quantitative estimate of drug-likeness (QED) is 0.569. The number of aliphatic carboxylic acids is 1. The lowest BCUT2D eigenvalue weighted by Crippen LogP contribution is -2.56. The monoisotopic (exact) mass is 358 g/mol. The Morgan fingerprint density at radius 3 is 2.24 bits per heavy atom. The number of esters is 1. The first kappa shape index (κ1) is 18.3. The molecular weight excluding hydrogens is 336 g/mol. The molecule has 9 nitrogen and oxygen atoms in total. The molecule has 0 aliphatic carbocycles. The van der Waals surface area contributed by atoms with Crippen LogP contribution < -0.4 is 0 Å². The van der Waals surface area contributed by atoms with Crippen molar-refractivity contribution in [2.75, 3.05) is 6.61 Å². The van der Waals surface area contributed by atoms with Gasteiger partial charge in [0.25, 0.3) is 0 Å². The van der Waals surface area contributed by atoms with Crippen LogP contribution in [0.3, 0.4) is 0 Å². The summed E-state index contributed by atoms with van der Waals surface area (Å²) in [5.41, 5.74) is 0. The summed E-state index contributed by atoms with van der Waals surface area (Å²) in [5.74, 6) is -3.69. The molecule has 0 radical (unpaired) electrons. The van der Waals surface area contributed by atoms with Gasteiger partial charge in [-0.25, -0.2) is 9.59 Å². The fourth-order valence-corrected chi connectivity index (χ4v) is 3.18. The third-order valence-electron chi connectivity index (χ3n) is 4.00. The first-order valence-corrected chi connectivity index (χ1v) is 8.01. The molecule has 3 rings (SSSR count). The summed E-state index contributed by atoms with van der Waals surface area (Å²) in [6, 6.07) is 0. The number of carbonyl (C=O) groups excluding carboxylic acids is 1. The largest absolute Gasteiger partial charge is 0.478 e. The molecule has 0 saturated carbocycles. The van der Waals surface area contributed by atoms with Crippen molar-refractivity contribution in [3.05, 3.63) is 12.2 Å². The smallest absolute Gasteiger partial charge is 0.331 e. The highest BCUT2D eigenvalue weighted by atomic mass is 16.9. The molecule has 3 heterocycles. The Kier molecular flexibility index (Phi) is 4.63. The minimum Gasteiger partial charge on any atom is -0.478 e. The van der Waals surface area contributed by atoms with E-state index in [4.69, 9.17) is 33.5 Å². The van der Waals surface area contributed by atoms with E-state index in [9.17, 15) is 9.59 Å². The van der Waals surface area contributed by atoms with Gasteiger partial charge in [0, 0.05) is 12.2 Å². The van der Waals surface area contributed by atoms with E-state index in [0.29, 0.717) is 6.08 Å². The third kappa shape index (κ3) is 4.01. The number of rotatable bonds is 4. The molecule has 1 N–H and O–H groups in total. The first-order chi connectivity index (χ1) is 11.6.